The predicted molar refractivity (Wildman–Crippen MR) is 65.5 cm³/mol. The summed E-state index contributed by atoms with van der Waals surface area (Å²) in [5, 5.41) is 7.33. The standard InChI is InChI=1S/C13H16FN3/c1-10(2)15-7-11-5-3-4-6-13(11)17-9-12(14)8-16-17/h3-6,8-10,15H,7H2,1-2H3. The minimum atomic E-state index is -0.323. The fraction of sp³-hybridized carbons (Fsp3) is 0.308. The fourth-order valence-corrected chi connectivity index (χ4v) is 1.63. The van der Waals surface area contributed by atoms with Crippen molar-refractivity contribution in [2.45, 2.75) is 26.4 Å². The van der Waals surface area contributed by atoms with Gasteiger partial charge in [-0.1, -0.05) is 32.0 Å². The first-order valence-electron chi connectivity index (χ1n) is 5.68. The molecule has 90 valence electrons. The topological polar surface area (TPSA) is 29.9 Å². The Kier molecular flexibility index (Phi) is 3.54. The second-order valence-corrected chi connectivity index (χ2v) is 4.27. The van der Waals surface area contributed by atoms with Gasteiger partial charge in [0.15, 0.2) is 5.82 Å². The average molecular weight is 233 g/mol. The third-order valence-electron chi connectivity index (χ3n) is 2.49. The van der Waals surface area contributed by atoms with Gasteiger partial charge < -0.3 is 5.32 Å². The second-order valence-electron chi connectivity index (χ2n) is 4.27. The number of benzene rings is 1. The van der Waals surface area contributed by atoms with E-state index in [1.54, 1.807) is 4.68 Å². The van der Waals surface area contributed by atoms with Gasteiger partial charge in [-0.15, -0.1) is 0 Å². The monoisotopic (exact) mass is 233 g/mol. The largest absolute Gasteiger partial charge is 0.310 e. The van der Waals surface area contributed by atoms with Crippen LogP contribution >= 0.6 is 0 Å². The Balaban J connectivity index is 2.27. The maximum Gasteiger partial charge on any atom is 0.161 e. The van der Waals surface area contributed by atoms with Gasteiger partial charge in [-0.3, -0.25) is 0 Å². The van der Waals surface area contributed by atoms with Crippen molar-refractivity contribution < 1.29 is 4.39 Å². The molecule has 1 aromatic heterocycles. The van der Waals surface area contributed by atoms with E-state index >= 15 is 0 Å². The molecular formula is C13H16FN3. The normalized spacial score (nSPS) is 11.1. The van der Waals surface area contributed by atoms with Crippen molar-refractivity contribution in [3.63, 3.8) is 0 Å². The van der Waals surface area contributed by atoms with E-state index in [2.05, 4.69) is 24.3 Å². The predicted octanol–water partition coefficient (Wildman–Crippen LogP) is 2.51. The number of halogens is 1. The van der Waals surface area contributed by atoms with Crippen molar-refractivity contribution in [3.8, 4) is 5.69 Å². The van der Waals surface area contributed by atoms with Crippen LogP contribution in [-0.2, 0) is 6.54 Å². The van der Waals surface area contributed by atoms with Crippen LogP contribution in [0.1, 0.15) is 19.4 Å². The average Bonchev–Trinajstić information content (AvgIpc) is 2.73. The lowest BCUT2D eigenvalue weighted by atomic mass is 10.1. The zero-order valence-corrected chi connectivity index (χ0v) is 10.0. The summed E-state index contributed by atoms with van der Waals surface area (Å²) in [6, 6.07) is 8.26. The van der Waals surface area contributed by atoms with Crippen LogP contribution in [0.4, 0.5) is 4.39 Å². The molecule has 17 heavy (non-hydrogen) atoms. The Morgan fingerprint density at radius 3 is 2.76 bits per heavy atom. The Morgan fingerprint density at radius 1 is 1.35 bits per heavy atom. The zero-order chi connectivity index (χ0) is 12.3. The molecule has 0 aliphatic carbocycles. The molecule has 0 aliphatic heterocycles. The van der Waals surface area contributed by atoms with E-state index in [4.69, 9.17) is 0 Å². The molecule has 1 heterocycles. The number of hydrogen-bond donors (Lipinski definition) is 1. The highest BCUT2D eigenvalue weighted by Gasteiger charge is 2.06. The smallest absolute Gasteiger partial charge is 0.161 e. The summed E-state index contributed by atoms with van der Waals surface area (Å²) >= 11 is 0. The Hall–Kier alpha value is -1.68. The number of nitrogens with one attached hydrogen (secondary N) is 1. The quantitative estimate of drug-likeness (QED) is 0.879. The summed E-state index contributed by atoms with van der Waals surface area (Å²) in [7, 11) is 0. The van der Waals surface area contributed by atoms with E-state index in [0.29, 0.717) is 6.04 Å². The van der Waals surface area contributed by atoms with Crippen molar-refractivity contribution in [2.75, 3.05) is 0 Å². The molecule has 0 atom stereocenters. The van der Waals surface area contributed by atoms with Gasteiger partial charge in [-0.25, -0.2) is 9.07 Å². The third-order valence-corrected chi connectivity index (χ3v) is 2.49. The van der Waals surface area contributed by atoms with E-state index in [-0.39, 0.29) is 5.82 Å². The lowest BCUT2D eigenvalue weighted by Crippen LogP contribution is -2.22. The van der Waals surface area contributed by atoms with Gasteiger partial charge in [0.2, 0.25) is 0 Å². The Labute approximate surface area is 100 Å². The van der Waals surface area contributed by atoms with Gasteiger partial charge in [0, 0.05) is 12.6 Å². The van der Waals surface area contributed by atoms with Crippen LogP contribution in [0.5, 0.6) is 0 Å². The van der Waals surface area contributed by atoms with Crippen molar-refractivity contribution >= 4 is 0 Å². The highest BCUT2D eigenvalue weighted by Crippen LogP contribution is 2.14. The summed E-state index contributed by atoms with van der Waals surface area (Å²) in [4.78, 5) is 0. The van der Waals surface area contributed by atoms with Crippen molar-refractivity contribution in [1.82, 2.24) is 15.1 Å². The van der Waals surface area contributed by atoms with E-state index in [0.717, 1.165) is 17.8 Å². The third kappa shape index (κ3) is 2.91. The summed E-state index contributed by atoms with van der Waals surface area (Å²) in [5.74, 6) is -0.323. The molecule has 0 aliphatic rings. The molecule has 0 amide bonds. The molecule has 0 radical (unpaired) electrons. The number of aromatic nitrogens is 2. The van der Waals surface area contributed by atoms with Gasteiger partial charge >= 0.3 is 0 Å². The minimum absolute atomic E-state index is 0.323. The molecule has 1 N–H and O–H groups in total. The van der Waals surface area contributed by atoms with Crippen LogP contribution in [0.25, 0.3) is 5.69 Å². The van der Waals surface area contributed by atoms with Gasteiger partial charge in [-0.2, -0.15) is 5.10 Å². The highest BCUT2D eigenvalue weighted by atomic mass is 19.1. The zero-order valence-electron chi connectivity index (χ0n) is 10.0. The molecule has 1 aromatic carbocycles. The number of nitrogens with zero attached hydrogens (tertiary/aromatic N) is 2. The maximum atomic E-state index is 13.0. The van der Waals surface area contributed by atoms with Crippen molar-refractivity contribution in [3.05, 3.63) is 48.0 Å². The first-order chi connectivity index (χ1) is 8.16. The fourth-order valence-electron chi connectivity index (χ4n) is 1.63. The molecule has 0 bridgehead atoms. The van der Waals surface area contributed by atoms with Crippen molar-refractivity contribution in [2.24, 2.45) is 0 Å². The van der Waals surface area contributed by atoms with Crippen LogP contribution in [0.2, 0.25) is 0 Å². The number of rotatable bonds is 4. The van der Waals surface area contributed by atoms with Crippen LogP contribution < -0.4 is 5.32 Å². The van der Waals surface area contributed by atoms with Crippen LogP contribution in [0, 0.1) is 5.82 Å². The van der Waals surface area contributed by atoms with E-state index < -0.39 is 0 Å². The Morgan fingerprint density at radius 2 is 2.12 bits per heavy atom. The maximum absolute atomic E-state index is 13.0. The first kappa shape index (κ1) is 11.8. The molecule has 2 rings (SSSR count). The molecule has 3 nitrogen and oxygen atoms in total. The first-order valence-corrected chi connectivity index (χ1v) is 5.68. The summed E-state index contributed by atoms with van der Waals surface area (Å²) in [6.45, 7) is 4.93. The molecule has 0 saturated carbocycles. The molecular weight excluding hydrogens is 217 g/mol. The van der Waals surface area contributed by atoms with E-state index in [1.807, 2.05) is 24.3 Å². The van der Waals surface area contributed by atoms with Gasteiger partial charge in [0.25, 0.3) is 0 Å². The molecule has 2 aromatic rings. The summed E-state index contributed by atoms with van der Waals surface area (Å²) in [5.41, 5.74) is 2.01. The van der Waals surface area contributed by atoms with E-state index in [1.165, 1.54) is 12.4 Å². The number of hydrogen-bond acceptors (Lipinski definition) is 2. The lowest BCUT2D eigenvalue weighted by Gasteiger charge is -2.12. The summed E-state index contributed by atoms with van der Waals surface area (Å²) in [6.07, 6.45) is 2.60. The number of para-hydroxylation sites is 1. The SMILES string of the molecule is CC(C)NCc1ccccc1-n1cc(F)cn1. The lowest BCUT2D eigenvalue weighted by molar-refractivity contribution is 0.586. The minimum Gasteiger partial charge on any atom is -0.310 e. The molecule has 0 fully saturated rings. The second kappa shape index (κ2) is 5.10. The Bertz CT molecular complexity index is 491. The molecule has 4 heteroatoms. The van der Waals surface area contributed by atoms with Crippen LogP contribution in [0.3, 0.4) is 0 Å². The molecule has 0 saturated heterocycles. The van der Waals surface area contributed by atoms with Gasteiger partial charge in [0.1, 0.15) is 0 Å². The van der Waals surface area contributed by atoms with Gasteiger partial charge in [0.05, 0.1) is 18.1 Å². The molecule has 0 spiro atoms. The highest BCUT2D eigenvalue weighted by molar-refractivity contribution is 5.40. The van der Waals surface area contributed by atoms with Crippen molar-refractivity contribution in [1.29, 1.82) is 0 Å². The van der Waals surface area contributed by atoms with E-state index in [9.17, 15) is 4.39 Å². The summed E-state index contributed by atoms with van der Waals surface area (Å²) < 4.78 is 14.5. The van der Waals surface area contributed by atoms with Crippen LogP contribution in [0.15, 0.2) is 36.7 Å². The van der Waals surface area contributed by atoms with Gasteiger partial charge in [-0.05, 0) is 11.6 Å². The van der Waals surface area contributed by atoms with Crippen LogP contribution in [-0.4, -0.2) is 15.8 Å². The molecule has 0 unspecified atom stereocenters.